The molecule has 1 aliphatic rings. The summed E-state index contributed by atoms with van der Waals surface area (Å²) in [5.74, 6) is 1.83. The topological polar surface area (TPSA) is 52.3 Å². The molecule has 4 heterocycles. The Kier molecular flexibility index (Phi) is 5.51. The van der Waals surface area contributed by atoms with E-state index < -0.39 is 0 Å². The molecule has 0 aliphatic carbocycles. The van der Waals surface area contributed by atoms with Crippen molar-refractivity contribution in [2.75, 3.05) is 11.5 Å². The zero-order valence-electron chi connectivity index (χ0n) is 15.9. The fourth-order valence-electron chi connectivity index (χ4n) is 3.26. The molecule has 0 radical (unpaired) electrons. The normalized spacial score (nSPS) is 19.7. The van der Waals surface area contributed by atoms with Gasteiger partial charge in [0.15, 0.2) is 16.0 Å². The minimum atomic E-state index is -0.117. The van der Waals surface area contributed by atoms with E-state index in [9.17, 15) is 0 Å². The number of hydrogen-bond acceptors (Lipinski definition) is 7. The molecule has 0 unspecified atom stereocenters. The molecule has 0 saturated carbocycles. The van der Waals surface area contributed by atoms with Gasteiger partial charge in [-0.15, -0.1) is 28.1 Å². The highest BCUT2D eigenvalue weighted by atomic mass is 32.2. The summed E-state index contributed by atoms with van der Waals surface area (Å²) in [6.07, 6.45) is 4.89. The molecule has 8 heteroatoms. The van der Waals surface area contributed by atoms with E-state index in [0.717, 1.165) is 56.9 Å². The van der Waals surface area contributed by atoms with Crippen LogP contribution in [0, 0.1) is 0 Å². The van der Waals surface area contributed by atoms with Gasteiger partial charge in [-0.05, 0) is 25.3 Å². The SMILES string of the molecule is C=CCSc1nnc2c3c4c(sc3nc(SCCC)n12)CO[C@@](C)(CC)C4. The van der Waals surface area contributed by atoms with E-state index in [4.69, 9.17) is 9.72 Å². The van der Waals surface area contributed by atoms with Crippen molar-refractivity contribution in [2.24, 2.45) is 0 Å². The molecule has 3 aromatic heterocycles. The number of ether oxygens (including phenoxy) is 1. The summed E-state index contributed by atoms with van der Waals surface area (Å²) in [6, 6.07) is 0. The van der Waals surface area contributed by atoms with Crippen LogP contribution in [0.4, 0.5) is 0 Å². The van der Waals surface area contributed by atoms with Crippen molar-refractivity contribution < 1.29 is 4.74 Å². The van der Waals surface area contributed by atoms with Gasteiger partial charge in [0, 0.05) is 22.8 Å². The maximum absolute atomic E-state index is 6.16. The molecule has 1 aliphatic heterocycles. The Morgan fingerprint density at radius 3 is 2.89 bits per heavy atom. The molecule has 1 atom stereocenters. The van der Waals surface area contributed by atoms with Crippen molar-refractivity contribution in [2.45, 2.75) is 62.6 Å². The van der Waals surface area contributed by atoms with Gasteiger partial charge >= 0.3 is 0 Å². The van der Waals surface area contributed by atoms with Crippen LogP contribution in [-0.2, 0) is 17.8 Å². The first-order valence-corrected chi connectivity index (χ1v) is 12.1. The molecule has 0 aromatic carbocycles. The largest absolute Gasteiger partial charge is 0.369 e. The van der Waals surface area contributed by atoms with Crippen molar-refractivity contribution in [1.82, 2.24) is 19.6 Å². The van der Waals surface area contributed by atoms with Crippen LogP contribution in [0.2, 0.25) is 0 Å². The van der Waals surface area contributed by atoms with Crippen LogP contribution in [0.15, 0.2) is 23.0 Å². The smallest absolute Gasteiger partial charge is 0.198 e. The van der Waals surface area contributed by atoms with E-state index in [1.54, 1.807) is 34.9 Å². The van der Waals surface area contributed by atoms with Crippen LogP contribution < -0.4 is 0 Å². The summed E-state index contributed by atoms with van der Waals surface area (Å²) < 4.78 is 8.30. The van der Waals surface area contributed by atoms with E-state index >= 15 is 0 Å². The van der Waals surface area contributed by atoms with Gasteiger partial charge in [-0.1, -0.05) is 43.4 Å². The Hall–Kier alpha value is -1.09. The number of thioether (sulfide) groups is 2. The first-order valence-electron chi connectivity index (χ1n) is 9.30. The van der Waals surface area contributed by atoms with Crippen LogP contribution in [0.1, 0.15) is 44.1 Å². The Balaban J connectivity index is 1.93. The maximum atomic E-state index is 6.16. The van der Waals surface area contributed by atoms with E-state index in [-0.39, 0.29) is 5.60 Å². The van der Waals surface area contributed by atoms with E-state index in [0.29, 0.717) is 6.61 Å². The summed E-state index contributed by atoms with van der Waals surface area (Å²) >= 11 is 5.18. The lowest BCUT2D eigenvalue weighted by Gasteiger charge is -2.33. The van der Waals surface area contributed by atoms with Crippen LogP contribution in [0.3, 0.4) is 0 Å². The van der Waals surface area contributed by atoms with Crippen molar-refractivity contribution in [3.05, 3.63) is 23.1 Å². The first kappa shape index (κ1) is 19.2. The van der Waals surface area contributed by atoms with Gasteiger partial charge in [0.05, 0.1) is 17.6 Å². The van der Waals surface area contributed by atoms with E-state index in [2.05, 4.69) is 41.9 Å². The minimum absolute atomic E-state index is 0.117. The second kappa shape index (κ2) is 7.73. The second-order valence-electron chi connectivity index (χ2n) is 6.94. The molecule has 4 rings (SSSR count). The molecule has 0 amide bonds. The van der Waals surface area contributed by atoms with Gasteiger partial charge in [-0.2, -0.15) is 0 Å². The number of rotatable bonds is 7. The number of nitrogens with zero attached hydrogens (tertiary/aromatic N) is 4. The van der Waals surface area contributed by atoms with Crippen LogP contribution >= 0.6 is 34.9 Å². The Morgan fingerprint density at radius 1 is 1.30 bits per heavy atom. The zero-order valence-corrected chi connectivity index (χ0v) is 18.4. The van der Waals surface area contributed by atoms with Crippen molar-refractivity contribution in [3.63, 3.8) is 0 Å². The second-order valence-corrected chi connectivity index (χ2v) is 10.1. The van der Waals surface area contributed by atoms with Gasteiger partial charge in [0.1, 0.15) is 4.83 Å². The molecule has 0 spiro atoms. The van der Waals surface area contributed by atoms with Crippen molar-refractivity contribution in [1.29, 1.82) is 0 Å². The van der Waals surface area contributed by atoms with Crippen LogP contribution in [0.5, 0.6) is 0 Å². The molecular weight excluding hydrogens is 396 g/mol. The van der Waals surface area contributed by atoms with Gasteiger partial charge in [0.25, 0.3) is 0 Å². The highest BCUT2D eigenvalue weighted by Gasteiger charge is 2.33. The van der Waals surface area contributed by atoms with Crippen LogP contribution in [0.25, 0.3) is 15.9 Å². The van der Waals surface area contributed by atoms with E-state index in [1.165, 1.54) is 10.4 Å². The molecule has 0 N–H and O–H groups in total. The summed E-state index contributed by atoms with van der Waals surface area (Å²) in [5.41, 5.74) is 2.17. The standard InChI is InChI=1S/C19H24N4OS3/c1-5-8-25-17-20-16-14(15-21-22-18(23(15)17)26-9-6-2)12-10-19(4,7-3)24-11-13(12)27-16/h6H,2,5,7-11H2,1,3-4H3/t19-/m0/s1. The fourth-order valence-corrected chi connectivity index (χ4v) is 5.99. The van der Waals surface area contributed by atoms with Gasteiger partial charge in [0.2, 0.25) is 0 Å². The summed E-state index contributed by atoms with van der Waals surface area (Å²) in [6.45, 7) is 11.1. The number of thiophene rings is 1. The zero-order chi connectivity index (χ0) is 19.0. The molecular formula is C19H24N4OS3. The predicted molar refractivity (Wildman–Crippen MR) is 115 cm³/mol. The average Bonchev–Trinajstić information content (AvgIpc) is 3.25. The molecule has 3 aromatic rings. The summed E-state index contributed by atoms with van der Waals surface area (Å²) in [5, 5.41) is 12.1. The Morgan fingerprint density at radius 2 is 2.15 bits per heavy atom. The fraction of sp³-hybridized carbons (Fsp3) is 0.526. The number of hydrogen-bond donors (Lipinski definition) is 0. The minimum Gasteiger partial charge on any atom is -0.369 e. The molecule has 0 saturated heterocycles. The van der Waals surface area contributed by atoms with Crippen molar-refractivity contribution >= 4 is 50.7 Å². The Bertz CT molecular complexity index is 996. The number of fused-ring (bicyclic) bond motifs is 5. The third-order valence-electron chi connectivity index (χ3n) is 4.93. The molecule has 27 heavy (non-hydrogen) atoms. The lowest BCUT2D eigenvalue weighted by Crippen LogP contribution is -2.33. The molecule has 5 nitrogen and oxygen atoms in total. The maximum Gasteiger partial charge on any atom is 0.198 e. The third-order valence-corrected chi connectivity index (χ3v) is 8.10. The molecule has 0 fully saturated rings. The predicted octanol–water partition coefficient (Wildman–Crippen LogP) is 5.36. The van der Waals surface area contributed by atoms with E-state index in [1.807, 2.05) is 6.08 Å². The summed E-state index contributed by atoms with van der Waals surface area (Å²) in [7, 11) is 0. The van der Waals surface area contributed by atoms with Gasteiger partial charge < -0.3 is 4.74 Å². The average molecular weight is 421 g/mol. The van der Waals surface area contributed by atoms with Crippen molar-refractivity contribution in [3.8, 4) is 0 Å². The molecule has 0 bridgehead atoms. The van der Waals surface area contributed by atoms with Gasteiger partial charge in [-0.3, -0.25) is 0 Å². The quantitative estimate of drug-likeness (QED) is 0.291. The third kappa shape index (κ3) is 3.41. The van der Waals surface area contributed by atoms with Crippen LogP contribution in [-0.4, -0.2) is 36.7 Å². The Labute approximate surface area is 172 Å². The first-order chi connectivity index (χ1) is 13.1. The molecule has 144 valence electrons. The lowest BCUT2D eigenvalue weighted by molar-refractivity contribution is -0.0542. The van der Waals surface area contributed by atoms with Gasteiger partial charge in [-0.25, -0.2) is 9.38 Å². The summed E-state index contributed by atoms with van der Waals surface area (Å²) in [4.78, 5) is 7.37. The monoisotopic (exact) mass is 420 g/mol. The highest BCUT2D eigenvalue weighted by Crippen LogP contribution is 2.42. The number of aromatic nitrogens is 4. The lowest BCUT2D eigenvalue weighted by atomic mass is 9.90. The highest BCUT2D eigenvalue weighted by molar-refractivity contribution is 7.99.